The third kappa shape index (κ3) is 5.08. The molecule has 0 spiro atoms. The van der Waals surface area contributed by atoms with Crippen LogP contribution in [0.4, 0.5) is 5.69 Å². The van der Waals surface area contributed by atoms with Crippen molar-refractivity contribution < 1.29 is 13.9 Å². The van der Waals surface area contributed by atoms with Gasteiger partial charge in [0.25, 0.3) is 0 Å². The summed E-state index contributed by atoms with van der Waals surface area (Å²) in [7, 11) is 0. The van der Waals surface area contributed by atoms with Crippen molar-refractivity contribution in [1.82, 2.24) is 9.80 Å². The molecule has 0 saturated carbocycles. The number of anilines is 1. The standard InChI is InChI=1S/C19H25N3O3/c1-2-24-18-8-4-3-7-17(18)20-19(23)15-22-11-9-21(10-12-22)14-16-6-5-13-25-16/h3-8,13H,2,9-12,14-15H2,1H3,(H,20,23). The van der Waals surface area contributed by atoms with Crippen molar-refractivity contribution in [3.05, 3.63) is 48.4 Å². The molecule has 1 aromatic heterocycles. The van der Waals surface area contributed by atoms with Crippen LogP contribution >= 0.6 is 0 Å². The predicted octanol–water partition coefficient (Wildman–Crippen LogP) is 2.43. The number of amides is 1. The van der Waals surface area contributed by atoms with E-state index in [-0.39, 0.29) is 5.91 Å². The number of carbonyl (C=O) groups is 1. The molecule has 2 heterocycles. The molecule has 1 N–H and O–H groups in total. The molecule has 0 atom stereocenters. The third-order valence-electron chi connectivity index (χ3n) is 4.25. The molecule has 1 aromatic carbocycles. The Labute approximate surface area is 148 Å². The van der Waals surface area contributed by atoms with Crippen LogP contribution in [0.25, 0.3) is 0 Å². The lowest BCUT2D eigenvalue weighted by Gasteiger charge is -2.33. The molecular weight excluding hydrogens is 318 g/mol. The fraction of sp³-hybridized carbons (Fsp3) is 0.421. The summed E-state index contributed by atoms with van der Waals surface area (Å²) in [4.78, 5) is 16.9. The number of piperazine rings is 1. The van der Waals surface area contributed by atoms with Gasteiger partial charge in [0.15, 0.2) is 0 Å². The van der Waals surface area contributed by atoms with Gasteiger partial charge in [0.1, 0.15) is 11.5 Å². The lowest BCUT2D eigenvalue weighted by Crippen LogP contribution is -2.48. The molecule has 0 aliphatic carbocycles. The predicted molar refractivity (Wildman–Crippen MR) is 96.7 cm³/mol. The summed E-state index contributed by atoms with van der Waals surface area (Å²) in [5.74, 6) is 1.69. The zero-order valence-electron chi connectivity index (χ0n) is 14.6. The largest absolute Gasteiger partial charge is 0.492 e. The first-order valence-corrected chi connectivity index (χ1v) is 8.73. The van der Waals surface area contributed by atoms with Crippen LogP contribution < -0.4 is 10.1 Å². The number of hydrogen-bond donors (Lipinski definition) is 1. The van der Waals surface area contributed by atoms with Crippen molar-refractivity contribution in [1.29, 1.82) is 0 Å². The number of ether oxygens (including phenoxy) is 1. The van der Waals surface area contributed by atoms with Crippen LogP contribution in [0.3, 0.4) is 0 Å². The van der Waals surface area contributed by atoms with Crippen molar-refractivity contribution in [3.8, 4) is 5.75 Å². The van der Waals surface area contributed by atoms with Crippen LogP contribution in [0.5, 0.6) is 5.75 Å². The molecule has 0 bridgehead atoms. The van der Waals surface area contributed by atoms with Gasteiger partial charge in [-0.3, -0.25) is 14.6 Å². The maximum Gasteiger partial charge on any atom is 0.238 e. The van der Waals surface area contributed by atoms with Crippen LogP contribution in [0.15, 0.2) is 47.1 Å². The number of carbonyl (C=O) groups excluding carboxylic acids is 1. The Morgan fingerprint density at radius 3 is 2.60 bits per heavy atom. The average molecular weight is 343 g/mol. The van der Waals surface area contributed by atoms with E-state index in [0.29, 0.717) is 18.9 Å². The maximum atomic E-state index is 12.3. The Morgan fingerprint density at radius 1 is 1.12 bits per heavy atom. The molecule has 134 valence electrons. The molecule has 0 radical (unpaired) electrons. The molecule has 1 fully saturated rings. The molecular formula is C19H25N3O3. The minimum absolute atomic E-state index is 0.00774. The Bertz CT molecular complexity index is 664. The van der Waals surface area contributed by atoms with E-state index in [4.69, 9.17) is 9.15 Å². The zero-order valence-corrected chi connectivity index (χ0v) is 14.6. The molecule has 1 aliphatic heterocycles. The first-order valence-electron chi connectivity index (χ1n) is 8.73. The zero-order chi connectivity index (χ0) is 17.5. The highest BCUT2D eigenvalue weighted by Crippen LogP contribution is 2.23. The van der Waals surface area contributed by atoms with Crippen molar-refractivity contribution in [2.24, 2.45) is 0 Å². The Balaban J connectivity index is 1.45. The topological polar surface area (TPSA) is 58.0 Å². The molecule has 6 heteroatoms. The minimum Gasteiger partial charge on any atom is -0.492 e. The van der Waals surface area contributed by atoms with E-state index in [2.05, 4.69) is 15.1 Å². The second kappa shape index (κ2) is 8.69. The minimum atomic E-state index is -0.00774. The monoisotopic (exact) mass is 343 g/mol. The highest BCUT2D eigenvalue weighted by atomic mass is 16.5. The lowest BCUT2D eigenvalue weighted by molar-refractivity contribution is -0.117. The Kier molecular flexibility index (Phi) is 6.09. The number of furan rings is 1. The summed E-state index contributed by atoms with van der Waals surface area (Å²) < 4.78 is 10.9. The van der Waals surface area contributed by atoms with E-state index in [9.17, 15) is 4.79 Å². The lowest BCUT2D eigenvalue weighted by atomic mass is 10.2. The van der Waals surface area contributed by atoms with Gasteiger partial charge in [0.05, 0.1) is 31.6 Å². The number of benzene rings is 1. The van der Waals surface area contributed by atoms with Gasteiger partial charge in [-0.15, -0.1) is 0 Å². The molecule has 1 saturated heterocycles. The van der Waals surface area contributed by atoms with Crippen LogP contribution in [0.1, 0.15) is 12.7 Å². The van der Waals surface area contributed by atoms with Gasteiger partial charge in [-0.1, -0.05) is 12.1 Å². The first kappa shape index (κ1) is 17.5. The smallest absolute Gasteiger partial charge is 0.238 e. The summed E-state index contributed by atoms with van der Waals surface area (Å²) in [6, 6.07) is 11.4. The number of nitrogens with zero attached hydrogens (tertiary/aromatic N) is 2. The van der Waals surface area contributed by atoms with Crippen LogP contribution in [0, 0.1) is 0 Å². The summed E-state index contributed by atoms with van der Waals surface area (Å²) >= 11 is 0. The summed E-state index contributed by atoms with van der Waals surface area (Å²) in [5.41, 5.74) is 0.728. The van der Waals surface area contributed by atoms with E-state index in [0.717, 1.165) is 44.2 Å². The van der Waals surface area contributed by atoms with Crippen LogP contribution in [-0.4, -0.2) is 55.0 Å². The Morgan fingerprint density at radius 2 is 1.88 bits per heavy atom. The van der Waals surface area contributed by atoms with Crippen molar-refractivity contribution in [2.45, 2.75) is 13.5 Å². The first-order chi connectivity index (χ1) is 12.2. The fourth-order valence-corrected chi connectivity index (χ4v) is 2.97. The van der Waals surface area contributed by atoms with Crippen molar-refractivity contribution in [3.63, 3.8) is 0 Å². The highest BCUT2D eigenvalue weighted by Gasteiger charge is 2.20. The maximum absolute atomic E-state index is 12.3. The van der Waals surface area contributed by atoms with Gasteiger partial charge in [-0.2, -0.15) is 0 Å². The summed E-state index contributed by atoms with van der Waals surface area (Å²) in [5, 5.41) is 2.96. The molecule has 3 rings (SSSR count). The quantitative estimate of drug-likeness (QED) is 0.837. The van der Waals surface area contributed by atoms with Gasteiger partial charge < -0.3 is 14.5 Å². The van der Waals surface area contributed by atoms with Gasteiger partial charge in [-0.05, 0) is 31.2 Å². The summed E-state index contributed by atoms with van der Waals surface area (Å²) in [6.45, 7) is 7.35. The van der Waals surface area contributed by atoms with Crippen molar-refractivity contribution >= 4 is 11.6 Å². The van der Waals surface area contributed by atoms with E-state index in [1.165, 1.54) is 0 Å². The molecule has 6 nitrogen and oxygen atoms in total. The van der Waals surface area contributed by atoms with Gasteiger partial charge in [0.2, 0.25) is 5.91 Å². The van der Waals surface area contributed by atoms with E-state index in [1.807, 2.05) is 43.3 Å². The number of para-hydroxylation sites is 2. The molecule has 1 aliphatic rings. The molecule has 0 unspecified atom stereocenters. The van der Waals surface area contributed by atoms with Gasteiger partial charge >= 0.3 is 0 Å². The van der Waals surface area contributed by atoms with E-state index >= 15 is 0 Å². The number of nitrogens with one attached hydrogen (secondary N) is 1. The third-order valence-corrected chi connectivity index (χ3v) is 4.25. The second-order valence-electron chi connectivity index (χ2n) is 6.11. The van der Waals surface area contributed by atoms with Crippen molar-refractivity contribution in [2.75, 3.05) is 44.6 Å². The second-order valence-corrected chi connectivity index (χ2v) is 6.11. The van der Waals surface area contributed by atoms with E-state index < -0.39 is 0 Å². The van der Waals surface area contributed by atoms with Crippen LogP contribution in [-0.2, 0) is 11.3 Å². The van der Waals surface area contributed by atoms with Crippen LogP contribution in [0.2, 0.25) is 0 Å². The van der Waals surface area contributed by atoms with E-state index in [1.54, 1.807) is 6.26 Å². The van der Waals surface area contributed by atoms with Gasteiger partial charge in [0, 0.05) is 26.2 Å². The molecule has 1 amide bonds. The number of hydrogen-bond acceptors (Lipinski definition) is 5. The molecule has 2 aromatic rings. The Hall–Kier alpha value is -2.31. The highest BCUT2D eigenvalue weighted by molar-refractivity contribution is 5.93. The van der Waals surface area contributed by atoms with Gasteiger partial charge in [-0.25, -0.2) is 0 Å². The SMILES string of the molecule is CCOc1ccccc1NC(=O)CN1CCN(Cc2ccco2)CC1. The average Bonchev–Trinajstić information content (AvgIpc) is 3.12. The number of rotatable bonds is 7. The normalized spacial score (nSPS) is 15.9. The molecule has 25 heavy (non-hydrogen) atoms. The fourth-order valence-electron chi connectivity index (χ4n) is 2.97. The summed E-state index contributed by atoms with van der Waals surface area (Å²) in [6.07, 6.45) is 1.70.